The van der Waals surface area contributed by atoms with Crippen molar-refractivity contribution in [1.29, 1.82) is 0 Å². The maximum absolute atomic E-state index is 11.0. The van der Waals surface area contributed by atoms with Gasteiger partial charge in [-0.25, -0.2) is 4.79 Å². The maximum atomic E-state index is 11.0. The smallest absolute Gasteiger partial charge is 0.333 e. The summed E-state index contributed by atoms with van der Waals surface area (Å²) in [5.74, 6) is -0.515. The molecule has 0 aliphatic heterocycles. The third-order valence-electron chi connectivity index (χ3n) is 1.56. The molecule has 0 rings (SSSR count). The number of rotatable bonds is 8. The van der Waals surface area contributed by atoms with E-state index in [9.17, 15) is 9.70 Å². The van der Waals surface area contributed by atoms with Crippen LogP contribution in [0.2, 0.25) is 0 Å². The van der Waals surface area contributed by atoms with E-state index in [0.717, 1.165) is 6.42 Å². The normalized spacial score (nSPS) is 11.9. The maximum Gasteiger partial charge on any atom is 0.333 e. The number of nitrogens with zero attached hydrogens (tertiary/aromatic N) is 1. The zero-order valence-corrected chi connectivity index (χ0v) is 9.19. The lowest BCUT2D eigenvalue weighted by Crippen LogP contribution is -2.22. The van der Waals surface area contributed by atoms with Gasteiger partial charge in [0.1, 0.15) is 12.6 Å². The van der Waals surface area contributed by atoms with Crippen molar-refractivity contribution in [1.82, 2.24) is 0 Å². The molecular weight excluding hydrogens is 198 g/mol. The highest BCUT2D eigenvalue weighted by Gasteiger charge is 2.12. The number of ether oxygens (including phenoxy) is 2. The largest absolute Gasteiger partial charge is 0.460 e. The number of hydrogen-bond donors (Lipinski definition) is 0. The van der Waals surface area contributed by atoms with Gasteiger partial charge in [-0.3, -0.25) is 0 Å². The van der Waals surface area contributed by atoms with Gasteiger partial charge in [-0.05, 0) is 13.3 Å². The standard InChI is InChI=1S/C10H17NO4/c1-4-5-14-6-9(11-13)7-15-10(12)8(2)3/h9H,2,4-7H2,1,3H3. The molecule has 0 saturated heterocycles. The summed E-state index contributed by atoms with van der Waals surface area (Å²) < 4.78 is 9.90. The van der Waals surface area contributed by atoms with Gasteiger partial charge in [0.15, 0.2) is 0 Å². The van der Waals surface area contributed by atoms with Gasteiger partial charge in [0, 0.05) is 12.2 Å². The Morgan fingerprint density at radius 3 is 2.60 bits per heavy atom. The van der Waals surface area contributed by atoms with Crippen molar-refractivity contribution in [2.75, 3.05) is 19.8 Å². The minimum absolute atomic E-state index is 0.0566. The van der Waals surface area contributed by atoms with E-state index < -0.39 is 12.0 Å². The van der Waals surface area contributed by atoms with Gasteiger partial charge in [0.05, 0.1) is 6.61 Å². The van der Waals surface area contributed by atoms with E-state index in [4.69, 9.17) is 9.47 Å². The summed E-state index contributed by atoms with van der Waals surface area (Å²) in [5.41, 5.74) is 0.300. The minimum atomic E-state index is -0.639. The van der Waals surface area contributed by atoms with E-state index in [1.165, 1.54) is 0 Å². The first-order valence-corrected chi connectivity index (χ1v) is 4.84. The molecule has 86 valence electrons. The fourth-order valence-corrected chi connectivity index (χ4v) is 0.768. The summed E-state index contributed by atoms with van der Waals surface area (Å²) in [6.45, 7) is 7.62. The van der Waals surface area contributed by atoms with E-state index in [-0.39, 0.29) is 13.2 Å². The van der Waals surface area contributed by atoms with Crippen LogP contribution in [-0.2, 0) is 14.3 Å². The van der Waals surface area contributed by atoms with Crippen molar-refractivity contribution < 1.29 is 14.3 Å². The molecule has 0 aromatic rings. The van der Waals surface area contributed by atoms with Crippen molar-refractivity contribution in [3.05, 3.63) is 17.1 Å². The molecule has 0 aromatic heterocycles. The summed E-state index contributed by atoms with van der Waals surface area (Å²) >= 11 is 0. The van der Waals surface area contributed by atoms with Gasteiger partial charge in [0.25, 0.3) is 0 Å². The van der Waals surface area contributed by atoms with Crippen molar-refractivity contribution in [2.24, 2.45) is 5.18 Å². The van der Waals surface area contributed by atoms with Gasteiger partial charge >= 0.3 is 5.97 Å². The first-order chi connectivity index (χ1) is 7.11. The van der Waals surface area contributed by atoms with E-state index in [1.807, 2.05) is 6.92 Å². The summed E-state index contributed by atoms with van der Waals surface area (Å²) in [7, 11) is 0. The topological polar surface area (TPSA) is 65.0 Å². The number of carbonyl (C=O) groups excluding carboxylic acids is 1. The van der Waals surface area contributed by atoms with E-state index in [2.05, 4.69) is 11.8 Å². The SMILES string of the molecule is C=C(C)C(=O)OCC(COCCC)N=O. The molecule has 0 saturated carbocycles. The van der Waals surface area contributed by atoms with Crippen LogP contribution in [0.5, 0.6) is 0 Å². The highest BCUT2D eigenvalue weighted by Crippen LogP contribution is 1.98. The monoisotopic (exact) mass is 215 g/mol. The average molecular weight is 215 g/mol. The van der Waals surface area contributed by atoms with Gasteiger partial charge in [0.2, 0.25) is 0 Å². The highest BCUT2D eigenvalue weighted by atomic mass is 16.5. The van der Waals surface area contributed by atoms with Crippen molar-refractivity contribution in [3.8, 4) is 0 Å². The number of esters is 1. The molecule has 0 aliphatic rings. The Kier molecular flexibility index (Phi) is 7.44. The summed E-state index contributed by atoms with van der Waals surface area (Å²) in [4.78, 5) is 21.3. The predicted octanol–water partition coefficient (Wildman–Crippen LogP) is 1.67. The highest BCUT2D eigenvalue weighted by molar-refractivity contribution is 5.86. The van der Waals surface area contributed by atoms with Crippen LogP contribution in [0.15, 0.2) is 17.3 Å². The third kappa shape index (κ3) is 6.79. The Morgan fingerprint density at radius 1 is 1.47 bits per heavy atom. The number of nitroso groups, excluding NO2 is 1. The fourth-order valence-electron chi connectivity index (χ4n) is 0.768. The van der Waals surface area contributed by atoms with Crippen LogP contribution in [-0.4, -0.2) is 31.8 Å². The van der Waals surface area contributed by atoms with Crippen molar-refractivity contribution in [3.63, 3.8) is 0 Å². The number of hydrogen-bond acceptors (Lipinski definition) is 5. The van der Waals surface area contributed by atoms with Crippen LogP contribution in [0.4, 0.5) is 0 Å². The summed E-state index contributed by atoms with van der Waals surface area (Å²) in [6, 6.07) is -0.639. The third-order valence-corrected chi connectivity index (χ3v) is 1.56. The van der Waals surface area contributed by atoms with Crippen LogP contribution in [0.1, 0.15) is 20.3 Å². The lowest BCUT2D eigenvalue weighted by Gasteiger charge is -2.10. The Bertz CT molecular complexity index is 227. The first kappa shape index (κ1) is 13.8. The van der Waals surface area contributed by atoms with Crippen LogP contribution in [0.3, 0.4) is 0 Å². The van der Waals surface area contributed by atoms with E-state index in [1.54, 1.807) is 6.92 Å². The fraction of sp³-hybridized carbons (Fsp3) is 0.700. The average Bonchev–Trinajstić information content (AvgIpc) is 2.22. The van der Waals surface area contributed by atoms with Crippen LogP contribution < -0.4 is 0 Å². The molecule has 5 nitrogen and oxygen atoms in total. The Balaban J connectivity index is 3.74. The Hall–Kier alpha value is -1.23. The second-order valence-corrected chi connectivity index (χ2v) is 3.21. The molecule has 0 amide bonds. The molecule has 0 fully saturated rings. The molecular formula is C10H17NO4. The molecule has 0 radical (unpaired) electrons. The quantitative estimate of drug-likeness (QED) is 0.267. The lowest BCUT2D eigenvalue weighted by atomic mass is 10.3. The first-order valence-electron chi connectivity index (χ1n) is 4.84. The van der Waals surface area contributed by atoms with Crippen molar-refractivity contribution >= 4 is 5.97 Å². The van der Waals surface area contributed by atoms with Gasteiger partial charge < -0.3 is 9.47 Å². The van der Waals surface area contributed by atoms with Gasteiger partial charge in [-0.2, -0.15) is 4.91 Å². The zero-order valence-electron chi connectivity index (χ0n) is 9.19. The molecule has 0 bridgehead atoms. The van der Waals surface area contributed by atoms with Crippen LogP contribution in [0.25, 0.3) is 0 Å². The van der Waals surface area contributed by atoms with Crippen LogP contribution in [0, 0.1) is 4.91 Å². The van der Waals surface area contributed by atoms with Gasteiger partial charge in [-0.1, -0.05) is 18.7 Å². The Labute approximate surface area is 89.4 Å². The Morgan fingerprint density at radius 2 is 2.13 bits per heavy atom. The van der Waals surface area contributed by atoms with Crippen LogP contribution >= 0.6 is 0 Å². The molecule has 1 atom stereocenters. The van der Waals surface area contributed by atoms with E-state index >= 15 is 0 Å². The molecule has 1 unspecified atom stereocenters. The summed E-state index contributed by atoms with van der Waals surface area (Å²) in [6.07, 6.45) is 0.872. The zero-order chi connectivity index (χ0) is 11.7. The van der Waals surface area contributed by atoms with Gasteiger partial charge in [-0.15, -0.1) is 0 Å². The lowest BCUT2D eigenvalue weighted by molar-refractivity contribution is -0.139. The van der Waals surface area contributed by atoms with E-state index in [0.29, 0.717) is 12.2 Å². The molecule has 0 spiro atoms. The molecule has 0 aliphatic carbocycles. The predicted molar refractivity (Wildman–Crippen MR) is 56.5 cm³/mol. The molecule has 0 aromatic carbocycles. The second kappa shape index (κ2) is 8.11. The second-order valence-electron chi connectivity index (χ2n) is 3.21. The molecule has 0 N–H and O–H groups in total. The molecule has 15 heavy (non-hydrogen) atoms. The summed E-state index contributed by atoms with van der Waals surface area (Å²) in [5, 5.41) is 2.81. The minimum Gasteiger partial charge on any atom is -0.460 e. The molecule has 0 heterocycles. The molecule has 5 heteroatoms. The van der Waals surface area contributed by atoms with Crippen molar-refractivity contribution in [2.45, 2.75) is 26.3 Å². The number of carbonyl (C=O) groups is 1.